The van der Waals surface area contributed by atoms with Crippen LogP contribution in [0, 0.1) is 0 Å². The van der Waals surface area contributed by atoms with Crippen molar-refractivity contribution in [3.05, 3.63) is 11.1 Å². The molecule has 0 fully saturated rings. The molecule has 0 aliphatic heterocycles. The Labute approximate surface area is 57.2 Å². The Morgan fingerprint density at radius 3 is 3.11 bits per heavy atom. The van der Waals surface area contributed by atoms with Crippen LogP contribution in [-0.4, -0.2) is 9.59 Å². The number of nitrogens with one attached hydrogen (secondary N) is 1. The highest BCUT2D eigenvalue weighted by Gasteiger charge is 2.03. The van der Waals surface area contributed by atoms with E-state index >= 15 is 0 Å². The van der Waals surface area contributed by atoms with E-state index in [4.69, 9.17) is 5.84 Å². The Hall–Kier alpha value is -0.520. The summed E-state index contributed by atoms with van der Waals surface area (Å²) in [5.74, 6) is 5.15. The highest BCUT2D eigenvalue weighted by Crippen LogP contribution is 2.07. The normalized spacial score (nSPS) is 13.6. The van der Waals surface area contributed by atoms with Crippen molar-refractivity contribution < 1.29 is 0 Å². The van der Waals surface area contributed by atoms with Crippen molar-refractivity contribution in [2.24, 2.45) is 5.84 Å². The van der Waals surface area contributed by atoms with Gasteiger partial charge >= 0.3 is 0 Å². The smallest absolute Gasteiger partial charge is 0.0935 e. The molecule has 0 spiro atoms. The third kappa shape index (κ3) is 1.44. The zero-order valence-corrected chi connectivity index (χ0v) is 5.85. The standard InChI is InChI=1S/C4H8N4S/c1-3(6-5)4-2-9-8-7-4/h2-3,6H,5H2,1H3. The molecule has 0 bridgehead atoms. The third-order valence-electron chi connectivity index (χ3n) is 1.07. The van der Waals surface area contributed by atoms with E-state index < -0.39 is 0 Å². The molecule has 5 heteroatoms. The maximum Gasteiger partial charge on any atom is 0.0935 e. The lowest BCUT2D eigenvalue weighted by Gasteiger charge is -2.02. The van der Waals surface area contributed by atoms with Crippen LogP contribution >= 0.6 is 11.5 Å². The van der Waals surface area contributed by atoms with Gasteiger partial charge in [0.15, 0.2) is 0 Å². The molecule has 0 aliphatic carbocycles. The lowest BCUT2D eigenvalue weighted by Crippen LogP contribution is -2.25. The number of hydrazine groups is 1. The summed E-state index contributed by atoms with van der Waals surface area (Å²) in [5, 5.41) is 5.68. The second-order valence-electron chi connectivity index (χ2n) is 1.72. The molecule has 4 nitrogen and oxygen atoms in total. The molecule has 3 N–H and O–H groups in total. The first-order valence-electron chi connectivity index (χ1n) is 2.57. The minimum absolute atomic E-state index is 0.101. The van der Waals surface area contributed by atoms with Gasteiger partial charge < -0.3 is 0 Å². The fourth-order valence-corrected chi connectivity index (χ4v) is 0.994. The quantitative estimate of drug-likeness (QED) is 0.455. The molecular formula is C4H8N4S. The number of hydrogen-bond donors (Lipinski definition) is 2. The van der Waals surface area contributed by atoms with Crippen molar-refractivity contribution in [2.45, 2.75) is 13.0 Å². The van der Waals surface area contributed by atoms with Gasteiger partial charge in [0.05, 0.1) is 11.7 Å². The van der Waals surface area contributed by atoms with Crippen LogP contribution in [0.1, 0.15) is 18.7 Å². The minimum atomic E-state index is 0.101. The molecule has 1 atom stereocenters. The van der Waals surface area contributed by atoms with Gasteiger partial charge in [-0.3, -0.25) is 11.3 Å². The second kappa shape index (κ2) is 2.86. The SMILES string of the molecule is CC(NN)c1csnn1. The number of rotatable bonds is 2. The maximum atomic E-state index is 5.15. The predicted octanol–water partition coefficient (Wildman–Crippen LogP) is 0.0624. The van der Waals surface area contributed by atoms with E-state index in [1.165, 1.54) is 11.5 Å². The second-order valence-corrected chi connectivity index (χ2v) is 2.33. The van der Waals surface area contributed by atoms with E-state index in [0.29, 0.717) is 0 Å². The summed E-state index contributed by atoms with van der Waals surface area (Å²) < 4.78 is 3.69. The van der Waals surface area contributed by atoms with Crippen LogP contribution in [-0.2, 0) is 0 Å². The van der Waals surface area contributed by atoms with E-state index in [9.17, 15) is 0 Å². The van der Waals surface area contributed by atoms with Crippen LogP contribution < -0.4 is 11.3 Å². The van der Waals surface area contributed by atoms with Crippen molar-refractivity contribution >= 4 is 11.5 Å². The summed E-state index contributed by atoms with van der Waals surface area (Å²) >= 11 is 1.33. The molecule has 1 heterocycles. The van der Waals surface area contributed by atoms with Crippen molar-refractivity contribution in [3.63, 3.8) is 0 Å². The van der Waals surface area contributed by atoms with Crippen LogP contribution in [0.4, 0.5) is 0 Å². The van der Waals surface area contributed by atoms with Gasteiger partial charge in [-0.1, -0.05) is 4.49 Å². The van der Waals surface area contributed by atoms with Gasteiger partial charge in [0, 0.05) is 5.38 Å². The molecule has 1 rings (SSSR count). The van der Waals surface area contributed by atoms with E-state index in [-0.39, 0.29) is 6.04 Å². The molecule has 0 aliphatic rings. The fourth-order valence-electron chi connectivity index (χ4n) is 0.446. The Morgan fingerprint density at radius 1 is 1.89 bits per heavy atom. The van der Waals surface area contributed by atoms with Crippen molar-refractivity contribution in [3.8, 4) is 0 Å². The molecule has 1 unspecified atom stereocenters. The Kier molecular flexibility index (Phi) is 2.10. The molecule has 1 aromatic heterocycles. The number of nitrogens with two attached hydrogens (primary N) is 1. The zero-order chi connectivity index (χ0) is 6.69. The topological polar surface area (TPSA) is 63.8 Å². The van der Waals surface area contributed by atoms with Crippen LogP contribution in [0.3, 0.4) is 0 Å². The van der Waals surface area contributed by atoms with Gasteiger partial charge in [-0.15, -0.1) is 5.10 Å². The first kappa shape index (κ1) is 6.60. The number of aromatic nitrogens is 2. The van der Waals surface area contributed by atoms with E-state index in [0.717, 1.165) is 5.69 Å². The van der Waals surface area contributed by atoms with Crippen LogP contribution in [0.2, 0.25) is 0 Å². The summed E-state index contributed by atoms with van der Waals surface area (Å²) in [4.78, 5) is 0. The largest absolute Gasteiger partial charge is 0.271 e. The fraction of sp³-hybridized carbons (Fsp3) is 0.500. The number of nitrogens with zero attached hydrogens (tertiary/aromatic N) is 2. The highest BCUT2D eigenvalue weighted by atomic mass is 32.1. The predicted molar refractivity (Wildman–Crippen MR) is 35.6 cm³/mol. The maximum absolute atomic E-state index is 5.15. The van der Waals surface area contributed by atoms with E-state index in [1.54, 1.807) is 0 Å². The first-order chi connectivity index (χ1) is 4.34. The summed E-state index contributed by atoms with van der Waals surface area (Å²) in [6.45, 7) is 1.93. The van der Waals surface area contributed by atoms with Crippen molar-refractivity contribution in [2.75, 3.05) is 0 Å². The molecule has 0 amide bonds. The highest BCUT2D eigenvalue weighted by molar-refractivity contribution is 7.03. The van der Waals surface area contributed by atoms with Crippen LogP contribution in [0.5, 0.6) is 0 Å². The van der Waals surface area contributed by atoms with Gasteiger partial charge in [-0.05, 0) is 18.5 Å². The summed E-state index contributed by atoms with van der Waals surface area (Å²) in [6, 6.07) is 0.101. The number of hydrogen-bond acceptors (Lipinski definition) is 5. The van der Waals surface area contributed by atoms with E-state index in [2.05, 4.69) is 15.0 Å². The molecular weight excluding hydrogens is 136 g/mol. The Bertz CT molecular complexity index is 161. The lowest BCUT2D eigenvalue weighted by molar-refractivity contribution is 0.585. The molecule has 0 saturated carbocycles. The van der Waals surface area contributed by atoms with Crippen LogP contribution in [0.25, 0.3) is 0 Å². The van der Waals surface area contributed by atoms with E-state index in [1.807, 2.05) is 12.3 Å². The average molecular weight is 144 g/mol. The van der Waals surface area contributed by atoms with Gasteiger partial charge in [0.1, 0.15) is 0 Å². The van der Waals surface area contributed by atoms with Gasteiger partial charge in [0.2, 0.25) is 0 Å². The van der Waals surface area contributed by atoms with Crippen molar-refractivity contribution in [1.29, 1.82) is 0 Å². The molecule has 0 aromatic carbocycles. The molecule has 0 radical (unpaired) electrons. The molecule has 50 valence electrons. The Balaban J connectivity index is 2.65. The monoisotopic (exact) mass is 144 g/mol. The first-order valence-corrected chi connectivity index (χ1v) is 3.41. The third-order valence-corrected chi connectivity index (χ3v) is 1.59. The van der Waals surface area contributed by atoms with Gasteiger partial charge in [-0.2, -0.15) is 0 Å². The summed E-state index contributed by atoms with van der Waals surface area (Å²) in [7, 11) is 0. The lowest BCUT2D eigenvalue weighted by atomic mass is 10.3. The summed E-state index contributed by atoms with van der Waals surface area (Å²) in [6.07, 6.45) is 0. The summed E-state index contributed by atoms with van der Waals surface area (Å²) in [5.41, 5.74) is 3.46. The minimum Gasteiger partial charge on any atom is -0.271 e. The molecule has 1 aromatic rings. The van der Waals surface area contributed by atoms with Gasteiger partial charge in [0.25, 0.3) is 0 Å². The average Bonchev–Trinajstić information content (AvgIpc) is 2.37. The van der Waals surface area contributed by atoms with Crippen molar-refractivity contribution in [1.82, 2.24) is 15.0 Å². The zero-order valence-electron chi connectivity index (χ0n) is 5.03. The van der Waals surface area contributed by atoms with Gasteiger partial charge in [-0.25, -0.2) is 0 Å². The Morgan fingerprint density at radius 2 is 2.67 bits per heavy atom. The van der Waals surface area contributed by atoms with Crippen LogP contribution in [0.15, 0.2) is 5.38 Å². The molecule has 9 heavy (non-hydrogen) atoms. The molecule has 0 saturated heterocycles.